The Labute approximate surface area is 116 Å². The molecule has 0 amide bonds. The summed E-state index contributed by atoms with van der Waals surface area (Å²) in [6, 6.07) is 1.82. The predicted octanol–water partition coefficient (Wildman–Crippen LogP) is 3.34. The number of alkyl halides is 3. The van der Waals surface area contributed by atoms with Crippen LogP contribution in [0.15, 0.2) is 12.1 Å². The maximum absolute atomic E-state index is 12.7. The summed E-state index contributed by atoms with van der Waals surface area (Å²) in [6.45, 7) is 3.16. The smallest absolute Gasteiger partial charge is 0.416 e. The fraction of sp³-hybridized carbons (Fsp3) is 0.615. The number of anilines is 1. The third-order valence-corrected chi connectivity index (χ3v) is 2.51. The van der Waals surface area contributed by atoms with E-state index < -0.39 is 11.7 Å². The second-order valence-corrected chi connectivity index (χ2v) is 4.14. The average molecular weight is 292 g/mol. The quantitative estimate of drug-likeness (QED) is 0.746. The van der Waals surface area contributed by atoms with Crippen LogP contribution in [0, 0.1) is 0 Å². The van der Waals surface area contributed by atoms with E-state index in [-0.39, 0.29) is 18.3 Å². The van der Waals surface area contributed by atoms with Gasteiger partial charge in [-0.2, -0.15) is 18.2 Å². The zero-order valence-electron chi connectivity index (χ0n) is 11.6. The molecule has 0 saturated heterocycles. The number of hydrogen-bond donors (Lipinski definition) is 1. The number of rotatable bonds is 8. The van der Waals surface area contributed by atoms with Gasteiger partial charge in [0, 0.05) is 19.7 Å². The van der Waals surface area contributed by atoms with Gasteiger partial charge in [-0.1, -0.05) is 13.3 Å². The highest BCUT2D eigenvalue weighted by atomic mass is 19.4. The van der Waals surface area contributed by atoms with Gasteiger partial charge in [-0.25, -0.2) is 0 Å². The lowest BCUT2D eigenvalue weighted by Crippen LogP contribution is -2.11. The van der Waals surface area contributed by atoms with E-state index in [1.54, 1.807) is 0 Å². The van der Waals surface area contributed by atoms with Crippen LogP contribution in [0.5, 0.6) is 5.88 Å². The minimum atomic E-state index is -4.43. The first-order valence-corrected chi connectivity index (χ1v) is 6.45. The van der Waals surface area contributed by atoms with Crippen molar-refractivity contribution in [3.05, 3.63) is 17.7 Å². The van der Waals surface area contributed by atoms with E-state index in [4.69, 9.17) is 9.47 Å². The highest BCUT2D eigenvalue weighted by Crippen LogP contribution is 2.32. The van der Waals surface area contributed by atoms with Crippen LogP contribution in [0.2, 0.25) is 0 Å². The van der Waals surface area contributed by atoms with E-state index >= 15 is 0 Å². The molecule has 1 heterocycles. The molecule has 0 aromatic carbocycles. The molecule has 0 unspecified atom stereocenters. The van der Waals surface area contributed by atoms with Crippen molar-refractivity contribution in [2.45, 2.75) is 25.9 Å². The number of unbranched alkanes of at least 4 members (excludes halogenated alkanes) is 1. The number of hydrogen-bond acceptors (Lipinski definition) is 4. The van der Waals surface area contributed by atoms with E-state index in [1.165, 1.54) is 7.05 Å². The molecule has 1 N–H and O–H groups in total. The molecule has 7 heteroatoms. The molecular weight excluding hydrogens is 273 g/mol. The Morgan fingerprint density at radius 3 is 2.55 bits per heavy atom. The third kappa shape index (κ3) is 5.64. The van der Waals surface area contributed by atoms with Crippen molar-refractivity contribution in [2.24, 2.45) is 0 Å². The Hall–Kier alpha value is -1.50. The standard InChI is InChI=1S/C13H19F3N2O2/c1-3-4-5-19-6-7-20-12-9-10(13(14,15)16)8-11(17-2)18-12/h8-9H,3-7H2,1-2H3,(H,17,18). The molecule has 114 valence electrons. The molecular formula is C13H19F3N2O2. The predicted molar refractivity (Wildman–Crippen MR) is 70.0 cm³/mol. The molecule has 0 atom stereocenters. The second-order valence-electron chi connectivity index (χ2n) is 4.14. The number of halogens is 3. The van der Waals surface area contributed by atoms with E-state index in [9.17, 15) is 13.2 Å². The normalized spacial score (nSPS) is 11.4. The van der Waals surface area contributed by atoms with Crippen molar-refractivity contribution < 1.29 is 22.6 Å². The van der Waals surface area contributed by atoms with Gasteiger partial charge < -0.3 is 14.8 Å². The molecule has 20 heavy (non-hydrogen) atoms. The fourth-order valence-corrected chi connectivity index (χ4v) is 1.42. The Bertz CT molecular complexity index is 411. The van der Waals surface area contributed by atoms with Gasteiger partial charge in [0.2, 0.25) is 5.88 Å². The molecule has 0 aliphatic heterocycles. The number of ether oxygens (including phenoxy) is 2. The maximum Gasteiger partial charge on any atom is 0.416 e. The lowest BCUT2D eigenvalue weighted by Gasteiger charge is -2.12. The largest absolute Gasteiger partial charge is 0.475 e. The van der Waals surface area contributed by atoms with E-state index in [2.05, 4.69) is 10.3 Å². The highest BCUT2D eigenvalue weighted by Gasteiger charge is 2.31. The summed E-state index contributed by atoms with van der Waals surface area (Å²) in [6.07, 6.45) is -2.45. The summed E-state index contributed by atoms with van der Waals surface area (Å²) in [5.41, 5.74) is -0.793. The summed E-state index contributed by atoms with van der Waals surface area (Å²) >= 11 is 0. The van der Waals surface area contributed by atoms with Crippen LogP contribution in [0.1, 0.15) is 25.3 Å². The number of aromatic nitrogens is 1. The molecule has 0 aliphatic carbocycles. The van der Waals surface area contributed by atoms with Crippen LogP contribution in [0.25, 0.3) is 0 Å². The molecule has 0 aliphatic rings. The molecule has 0 spiro atoms. The first kappa shape index (κ1) is 16.6. The Morgan fingerprint density at radius 1 is 1.20 bits per heavy atom. The van der Waals surface area contributed by atoms with Crippen molar-refractivity contribution in [1.82, 2.24) is 4.98 Å². The van der Waals surface area contributed by atoms with E-state index in [0.29, 0.717) is 13.2 Å². The SMILES string of the molecule is CCCCOCCOc1cc(C(F)(F)F)cc(NC)n1. The lowest BCUT2D eigenvalue weighted by molar-refractivity contribution is -0.137. The zero-order chi connectivity index (χ0) is 15.0. The van der Waals surface area contributed by atoms with Gasteiger partial charge in [-0.3, -0.25) is 0 Å². The van der Waals surface area contributed by atoms with Crippen LogP contribution in [0.4, 0.5) is 19.0 Å². The van der Waals surface area contributed by atoms with Gasteiger partial charge in [0.25, 0.3) is 0 Å². The van der Waals surface area contributed by atoms with Gasteiger partial charge >= 0.3 is 6.18 Å². The Kier molecular flexibility index (Phi) is 6.57. The van der Waals surface area contributed by atoms with E-state index in [0.717, 1.165) is 25.0 Å². The maximum atomic E-state index is 12.7. The van der Waals surface area contributed by atoms with Gasteiger partial charge in [0.05, 0.1) is 12.2 Å². The van der Waals surface area contributed by atoms with Crippen molar-refractivity contribution >= 4 is 5.82 Å². The van der Waals surface area contributed by atoms with Crippen molar-refractivity contribution in [2.75, 3.05) is 32.2 Å². The van der Waals surface area contributed by atoms with Crippen LogP contribution >= 0.6 is 0 Å². The lowest BCUT2D eigenvalue weighted by atomic mass is 10.2. The Balaban J connectivity index is 2.56. The zero-order valence-corrected chi connectivity index (χ0v) is 11.6. The number of pyridine rings is 1. The van der Waals surface area contributed by atoms with Crippen molar-refractivity contribution in [3.63, 3.8) is 0 Å². The molecule has 1 aromatic rings. The topological polar surface area (TPSA) is 43.4 Å². The summed E-state index contributed by atoms with van der Waals surface area (Å²) < 4.78 is 48.5. The molecule has 0 saturated carbocycles. The van der Waals surface area contributed by atoms with Crippen molar-refractivity contribution in [1.29, 1.82) is 0 Å². The average Bonchev–Trinajstić information content (AvgIpc) is 2.41. The second kappa shape index (κ2) is 7.94. The van der Waals surface area contributed by atoms with E-state index in [1.807, 2.05) is 6.92 Å². The monoisotopic (exact) mass is 292 g/mol. The van der Waals surface area contributed by atoms with Gasteiger partial charge in [0.15, 0.2) is 0 Å². The van der Waals surface area contributed by atoms with Crippen LogP contribution in [-0.4, -0.2) is 31.9 Å². The molecule has 0 fully saturated rings. The van der Waals surface area contributed by atoms with Crippen molar-refractivity contribution in [3.8, 4) is 5.88 Å². The molecule has 1 rings (SSSR count). The fourth-order valence-electron chi connectivity index (χ4n) is 1.42. The number of nitrogens with one attached hydrogen (secondary N) is 1. The molecule has 1 aromatic heterocycles. The summed E-state index contributed by atoms with van der Waals surface area (Å²) in [5.74, 6) is 0.0463. The number of nitrogens with zero attached hydrogens (tertiary/aromatic N) is 1. The van der Waals surface area contributed by atoms with Crippen LogP contribution in [-0.2, 0) is 10.9 Å². The molecule has 0 bridgehead atoms. The highest BCUT2D eigenvalue weighted by molar-refractivity contribution is 5.42. The molecule has 4 nitrogen and oxygen atoms in total. The third-order valence-electron chi connectivity index (χ3n) is 2.51. The first-order chi connectivity index (χ1) is 9.47. The minimum absolute atomic E-state index is 0.0664. The molecule has 0 radical (unpaired) electrons. The van der Waals surface area contributed by atoms with Crippen LogP contribution < -0.4 is 10.1 Å². The minimum Gasteiger partial charge on any atom is -0.475 e. The van der Waals surface area contributed by atoms with Gasteiger partial charge in [0.1, 0.15) is 12.4 Å². The Morgan fingerprint density at radius 2 is 1.95 bits per heavy atom. The summed E-state index contributed by atoms with van der Waals surface area (Å²) in [7, 11) is 1.50. The first-order valence-electron chi connectivity index (χ1n) is 6.45. The summed E-state index contributed by atoms with van der Waals surface area (Å²) in [5, 5.41) is 2.58. The van der Waals surface area contributed by atoms with Gasteiger partial charge in [-0.15, -0.1) is 0 Å². The van der Waals surface area contributed by atoms with Crippen LogP contribution in [0.3, 0.4) is 0 Å². The summed E-state index contributed by atoms with van der Waals surface area (Å²) in [4.78, 5) is 3.91. The van der Waals surface area contributed by atoms with Gasteiger partial charge in [-0.05, 0) is 12.5 Å².